The van der Waals surface area contributed by atoms with Crippen LogP contribution in [0.15, 0.2) is 35.3 Å². The van der Waals surface area contributed by atoms with Crippen LogP contribution in [0.1, 0.15) is 29.8 Å². The Morgan fingerprint density at radius 1 is 1.29 bits per heavy atom. The summed E-state index contributed by atoms with van der Waals surface area (Å²) < 4.78 is 7.44. The van der Waals surface area contributed by atoms with E-state index in [4.69, 9.17) is 9.84 Å². The second-order valence-corrected chi connectivity index (χ2v) is 7.43. The first-order valence-electron chi connectivity index (χ1n) is 9.89. The molecule has 1 unspecified atom stereocenters. The van der Waals surface area contributed by atoms with Gasteiger partial charge in [0.2, 0.25) is 0 Å². The number of hydrogen-bond acceptors (Lipinski definition) is 3. The van der Waals surface area contributed by atoms with Crippen molar-refractivity contribution in [2.45, 2.75) is 32.2 Å². The van der Waals surface area contributed by atoms with E-state index in [0.717, 1.165) is 62.8 Å². The average Bonchev–Trinajstić information content (AvgIpc) is 3.41. The number of aliphatic imine (C=N–C) groups is 1. The molecular weight excluding hydrogens is 465 g/mol. The van der Waals surface area contributed by atoms with Crippen LogP contribution in [0.25, 0.3) is 5.69 Å². The lowest BCUT2D eigenvalue weighted by Crippen LogP contribution is -2.40. The van der Waals surface area contributed by atoms with Crippen molar-refractivity contribution in [1.82, 2.24) is 20.0 Å². The van der Waals surface area contributed by atoms with E-state index < -0.39 is 0 Å². The second-order valence-electron chi connectivity index (χ2n) is 7.43. The highest BCUT2D eigenvalue weighted by Gasteiger charge is 2.26. The van der Waals surface area contributed by atoms with E-state index in [0.29, 0.717) is 5.92 Å². The number of halogens is 1. The molecular formula is C21H30IN5O. The van der Waals surface area contributed by atoms with Gasteiger partial charge in [0.05, 0.1) is 24.5 Å². The Morgan fingerprint density at radius 3 is 2.86 bits per heavy atom. The topological polar surface area (TPSA) is 54.7 Å². The Balaban J connectivity index is 0.00000225. The van der Waals surface area contributed by atoms with Gasteiger partial charge < -0.3 is 15.0 Å². The van der Waals surface area contributed by atoms with Crippen molar-refractivity contribution in [1.29, 1.82) is 0 Å². The fraction of sp³-hybridized carbons (Fsp3) is 0.524. The Labute approximate surface area is 184 Å². The maximum absolute atomic E-state index is 5.31. The molecule has 28 heavy (non-hydrogen) atoms. The smallest absolute Gasteiger partial charge is 0.193 e. The number of fused-ring (bicyclic) bond motifs is 1. The molecule has 1 aromatic heterocycles. The first-order chi connectivity index (χ1) is 13.3. The monoisotopic (exact) mass is 495 g/mol. The van der Waals surface area contributed by atoms with Gasteiger partial charge in [-0.1, -0.05) is 18.2 Å². The molecule has 1 atom stereocenters. The molecule has 1 fully saturated rings. The number of ether oxygens (including phenoxy) is 1. The predicted molar refractivity (Wildman–Crippen MR) is 123 cm³/mol. The maximum Gasteiger partial charge on any atom is 0.193 e. The SMILES string of the molecule is CN=C(NCc1nn(-c2ccccc2)c2c1CCC2)N1CCC(COC)C1.I. The van der Waals surface area contributed by atoms with Gasteiger partial charge in [-0.3, -0.25) is 4.99 Å². The normalized spacial score (nSPS) is 18.9. The van der Waals surface area contributed by atoms with E-state index in [2.05, 4.69) is 44.2 Å². The molecule has 4 rings (SSSR count). The quantitative estimate of drug-likeness (QED) is 0.394. The summed E-state index contributed by atoms with van der Waals surface area (Å²) in [4.78, 5) is 6.83. The molecule has 152 valence electrons. The van der Waals surface area contributed by atoms with Crippen molar-refractivity contribution in [2.24, 2.45) is 10.9 Å². The molecule has 1 aliphatic heterocycles. The summed E-state index contributed by atoms with van der Waals surface area (Å²) in [6.07, 6.45) is 4.60. The van der Waals surface area contributed by atoms with Crippen LogP contribution in [0, 0.1) is 5.92 Å². The summed E-state index contributed by atoms with van der Waals surface area (Å²) in [5.41, 5.74) is 5.09. The van der Waals surface area contributed by atoms with Gasteiger partial charge in [-0.15, -0.1) is 24.0 Å². The van der Waals surface area contributed by atoms with Gasteiger partial charge in [0.1, 0.15) is 0 Å². The number of methoxy groups -OCH3 is 1. The van der Waals surface area contributed by atoms with Gasteiger partial charge in [-0.05, 0) is 43.4 Å². The summed E-state index contributed by atoms with van der Waals surface area (Å²) in [7, 11) is 3.64. The zero-order valence-electron chi connectivity index (χ0n) is 16.7. The van der Waals surface area contributed by atoms with E-state index in [-0.39, 0.29) is 24.0 Å². The van der Waals surface area contributed by atoms with Crippen molar-refractivity contribution < 1.29 is 4.74 Å². The molecule has 0 amide bonds. The van der Waals surface area contributed by atoms with Crippen LogP contribution in [0.2, 0.25) is 0 Å². The standard InChI is InChI=1S/C21H29N5O.HI/c1-22-21(25-12-11-16(14-25)15-27-2)23-13-19-18-9-6-10-20(18)26(24-19)17-7-4-3-5-8-17;/h3-5,7-8,16H,6,9-15H2,1-2H3,(H,22,23);1H. The molecule has 1 aromatic carbocycles. The zero-order valence-corrected chi connectivity index (χ0v) is 19.1. The zero-order chi connectivity index (χ0) is 18.6. The number of benzene rings is 1. The van der Waals surface area contributed by atoms with Crippen molar-refractivity contribution in [3.8, 4) is 5.69 Å². The molecule has 0 radical (unpaired) electrons. The van der Waals surface area contributed by atoms with Crippen LogP contribution in [0.4, 0.5) is 0 Å². The van der Waals surface area contributed by atoms with Crippen molar-refractivity contribution >= 4 is 29.9 Å². The van der Waals surface area contributed by atoms with Gasteiger partial charge >= 0.3 is 0 Å². The number of nitrogens with one attached hydrogen (secondary N) is 1. The number of aromatic nitrogens is 2. The van der Waals surface area contributed by atoms with Crippen molar-refractivity contribution in [3.05, 3.63) is 47.3 Å². The van der Waals surface area contributed by atoms with Crippen LogP contribution in [-0.4, -0.2) is 54.5 Å². The highest BCUT2D eigenvalue weighted by atomic mass is 127. The second kappa shape index (κ2) is 9.73. The Bertz CT molecular complexity index is 805. The predicted octanol–water partition coefficient (Wildman–Crippen LogP) is 3.02. The third kappa shape index (κ3) is 4.35. The molecule has 2 aromatic rings. The lowest BCUT2D eigenvalue weighted by Gasteiger charge is -2.21. The minimum absolute atomic E-state index is 0. The molecule has 1 N–H and O–H groups in total. The van der Waals surface area contributed by atoms with Crippen LogP contribution >= 0.6 is 24.0 Å². The molecule has 7 heteroatoms. The lowest BCUT2D eigenvalue weighted by molar-refractivity contribution is 0.157. The molecule has 6 nitrogen and oxygen atoms in total. The summed E-state index contributed by atoms with van der Waals surface area (Å²) in [6.45, 7) is 3.58. The third-order valence-corrected chi connectivity index (χ3v) is 5.63. The van der Waals surface area contributed by atoms with E-state index in [9.17, 15) is 0 Å². The van der Waals surface area contributed by atoms with E-state index >= 15 is 0 Å². The van der Waals surface area contributed by atoms with Gasteiger partial charge in [0.25, 0.3) is 0 Å². The number of likely N-dealkylation sites (tertiary alicyclic amines) is 1. The molecule has 2 heterocycles. The van der Waals surface area contributed by atoms with E-state index in [1.54, 1.807) is 7.11 Å². The average molecular weight is 495 g/mol. The number of guanidine groups is 1. The Morgan fingerprint density at radius 2 is 2.11 bits per heavy atom. The summed E-state index contributed by atoms with van der Waals surface area (Å²) in [5, 5.41) is 8.48. The van der Waals surface area contributed by atoms with E-state index in [1.807, 2.05) is 13.1 Å². The van der Waals surface area contributed by atoms with Gasteiger partial charge in [0, 0.05) is 38.9 Å². The third-order valence-electron chi connectivity index (χ3n) is 5.63. The number of hydrogen-bond donors (Lipinski definition) is 1. The largest absolute Gasteiger partial charge is 0.384 e. The molecule has 2 aliphatic rings. The van der Waals surface area contributed by atoms with Crippen LogP contribution in [0.3, 0.4) is 0 Å². The maximum atomic E-state index is 5.31. The van der Waals surface area contributed by atoms with Crippen molar-refractivity contribution in [3.63, 3.8) is 0 Å². The summed E-state index contributed by atoms with van der Waals surface area (Å²) >= 11 is 0. The van der Waals surface area contributed by atoms with E-state index in [1.165, 1.54) is 17.7 Å². The number of para-hydroxylation sites is 1. The van der Waals surface area contributed by atoms with Crippen LogP contribution < -0.4 is 5.32 Å². The highest BCUT2D eigenvalue weighted by Crippen LogP contribution is 2.27. The van der Waals surface area contributed by atoms with Crippen molar-refractivity contribution in [2.75, 3.05) is 33.9 Å². The number of nitrogens with zero attached hydrogens (tertiary/aromatic N) is 4. The Kier molecular flexibility index (Phi) is 7.34. The first-order valence-corrected chi connectivity index (χ1v) is 9.89. The fourth-order valence-corrected chi connectivity index (χ4v) is 4.33. The molecule has 1 saturated heterocycles. The molecule has 0 bridgehead atoms. The molecule has 1 aliphatic carbocycles. The van der Waals surface area contributed by atoms with Gasteiger partial charge in [-0.2, -0.15) is 5.10 Å². The van der Waals surface area contributed by atoms with Gasteiger partial charge in [0.15, 0.2) is 5.96 Å². The fourth-order valence-electron chi connectivity index (χ4n) is 4.33. The minimum atomic E-state index is 0. The summed E-state index contributed by atoms with van der Waals surface area (Å²) in [5.74, 6) is 1.56. The number of rotatable bonds is 5. The molecule has 0 spiro atoms. The summed E-state index contributed by atoms with van der Waals surface area (Å²) in [6, 6.07) is 10.4. The van der Waals surface area contributed by atoms with Gasteiger partial charge in [-0.25, -0.2) is 4.68 Å². The van der Waals surface area contributed by atoms with Crippen LogP contribution in [0.5, 0.6) is 0 Å². The van der Waals surface area contributed by atoms with Crippen LogP contribution in [-0.2, 0) is 24.1 Å². The Hall–Kier alpha value is -1.61. The first kappa shape index (κ1) is 21.1. The lowest BCUT2D eigenvalue weighted by atomic mass is 10.1. The molecule has 0 saturated carbocycles. The minimum Gasteiger partial charge on any atom is -0.384 e. The highest BCUT2D eigenvalue weighted by molar-refractivity contribution is 14.0.